The van der Waals surface area contributed by atoms with Crippen LogP contribution in [0.15, 0.2) is 47.6 Å². The summed E-state index contributed by atoms with van der Waals surface area (Å²) in [4.78, 5) is 3.99. The molecular formula is C13H12ClNO3S. The SMILES string of the molecule is Cc1ccc(S(=O)(=O)OCc2cnccc2Cl)cc1. The second-order valence-corrected chi connectivity index (χ2v) is 6.02. The molecule has 0 aliphatic rings. The standard InChI is InChI=1S/C13H12ClNO3S/c1-10-2-4-12(5-3-10)19(16,17)18-9-11-8-15-7-6-13(11)14/h2-8H,9H2,1H3. The van der Waals surface area contributed by atoms with Crippen LogP contribution in [0.1, 0.15) is 11.1 Å². The molecule has 19 heavy (non-hydrogen) atoms. The van der Waals surface area contributed by atoms with Crippen molar-refractivity contribution in [2.45, 2.75) is 18.4 Å². The Labute approximate surface area is 117 Å². The first-order valence-corrected chi connectivity index (χ1v) is 7.32. The zero-order valence-corrected chi connectivity index (χ0v) is 11.8. The molecule has 0 unspecified atom stereocenters. The van der Waals surface area contributed by atoms with Crippen LogP contribution < -0.4 is 0 Å². The Morgan fingerprint density at radius 3 is 2.53 bits per heavy atom. The van der Waals surface area contributed by atoms with E-state index in [-0.39, 0.29) is 11.5 Å². The predicted octanol–water partition coefficient (Wildman–Crippen LogP) is 2.95. The first-order chi connectivity index (χ1) is 8.99. The Morgan fingerprint density at radius 2 is 1.89 bits per heavy atom. The normalized spacial score (nSPS) is 11.5. The Morgan fingerprint density at radius 1 is 1.21 bits per heavy atom. The van der Waals surface area contributed by atoms with Crippen LogP contribution in [-0.2, 0) is 20.9 Å². The highest BCUT2D eigenvalue weighted by Gasteiger charge is 2.15. The molecule has 0 aliphatic heterocycles. The maximum Gasteiger partial charge on any atom is 0.297 e. The smallest absolute Gasteiger partial charge is 0.264 e. The van der Waals surface area contributed by atoms with Crippen molar-refractivity contribution in [3.05, 3.63) is 58.9 Å². The Kier molecular flexibility index (Phi) is 4.19. The van der Waals surface area contributed by atoms with Crippen molar-refractivity contribution in [1.82, 2.24) is 4.98 Å². The molecule has 0 atom stereocenters. The highest BCUT2D eigenvalue weighted by molar-refractivity contribution is 7.86. The van der Waals surface area contributed by atoms with Crippen molar-refractivity contribution in [3.63, 3.8) is 0 Å². The minimum atomic E-state index is -3.78. The van der Waals surface area contributed by atoms with Gasteiger partial charge in [0.25, 0.3) is 10.1 Å². The summed E-state index contributed by atoms with van der Waals surface area (Å²) < 4.78 is 28.9. The Hall–Kier alpha value is -1.43. The summed E-state index contributed by atoms with van der Waals surface area (Å²) in [5.41, 5.74) is 1.51. The minimum absolute atomic E-state index is 0.123. The largest absolute Gasteiger partial charge is 0.297 e. The van der Waals surface area contributed by atoms with Crippen LogP contribution in [0.4, 0.5) is 0 Å². The van der Waals surface area contributed by atoms with Crippen molar-refractivity contribution in [2.24, 2.45) is 0 Å². The van der Waals surface area contributed by atoms with Gasteiger partial charge in [0.1, 0.15) is 0 Å². The second kappa shape index (κ2) is 5.69. The number of hydrogen-bond donors (Lipinski definition) is 0. The van der Waals surface area contributed by atoms with Gasteiger partial charge in [-0.2, -0.15) is 8.42 Å². The molecule has 0 radical (unpaired) electrons. The third kappa shape index (κ3) is 3.53. The fourth-order valence-electron chi connectivity index (χ4n) is 1.43. The Bertz CT molecular complexity index is 669. The molecule has 0 N–H and O–H groups in total. The number of aryl methyl sites for hydroxylation is 1. The maximum atomic E-state index is 11.9. The van der Waals surface area contributed by atoms with Crippen molar-refractivity contribution < 1.29 is 12.6 Å². The molecule has 0 spiro atoms. The third-order valence-electron chi connectivity index (χ3n) is 2.52. The minimum Gasteiger partial charge on any atom is -0.264 e. The van der Waals surface area contributed by atoms with E-state index < -0.39 is 10.1 Å². The first-order valence-electron chi connectivity index (χ1n) is 5.53. The topological polar surface area (TPSA) is 56.3 Å². The van der Waals surface area contributed by atoms with Gasteiger partial charge < -0.3 is 0 Å². The third-order valence-corrected chi connectivity index (χ3v) is 4.17. The summed E-state index contributed by atoms with van der Waals surface area (Å²) in [6.07, 6.45) is 3.01. The maximum absolute atomic E-state index is 11.9. The van der Waals surface area contributed by atoms with Gasteiger partial charge >= 0.3 is 0 Å². The quantitative estimate of drug-likeness (QED) is 0.814. The Balaban J connectivity index is 2.14. The van der Waals surface area contributed by atoms with Crippen LogP contribution in [0.5, 0.6) is 0 Å². The fraction of sp³-hybridized carbons (Fsp3) is 0.154. The number of benzene rings is 1. The van der Waals surface area contributed by atoms with Gasteiger partial charge in [-0.1, -0.05) is 29.3 Å². The zero-order chi connectivity index (χ0) is 13.9. The van der Waals surface area contributed by atoms with Gasteiger partial charge in [0, 0.05) is 23.0 Å². The number of nitrogens with zero attached hydrogens (tertiary/aromatic N) is 1. The van der Waals surface area contributed by atoms with E-state index in [2.05, 4.69) is 4.98 Å². The molecule has 1 heterocycles. The molecule has 0 bridgehead atoms. The van der Waals surface area contributed by atoms with Crippen LogP contribution in [0.3, 0.4) is 0 Å². The molecular weight excluding hydrogens is 286 g/mol. The first kappa shape index (κ1) is 14.0. The monoisotopic (exact) mass is 297 g/mol. The molecule has 2 aromatic rings. The molecule has 6 heteroatoms. The molecule has 1 aromatic heterocycles. The number of rotatable bonds is 4. The summed E-state index contributed by atoms with van der Waals surface area (Å²) in [7, 11) is -3.78. The molecule has 0 saturated carbocycles. The zero-order valence-electron chi connectivity index (χ0n) is 10.2. The number of pyridine rings is 1. The lowest BCUT2D eigenvalue weighted by atomic mass is 10.2. The number of aromatic nitrogens is 1. The van der Waals surface area contributed by atoms with E-state index in [1.807, 2.05) is 6.92 Å². The summed E-state index contributed by atoms with van der Waals surface area (Å²) in [6, 6.07) is 8.03. The van der Waals surface area contributed by atoms with E-state index in [9.17, 15) is 8.42 Å². The highest BCUT2D eigenvalue weighted by Crippen LogP contribution is 2.18. The lowest BCUT2D eigenvalue weighted by Crippen LogP contribution is -2.07. The van der Waals surface area contributed by atoms with Crippen molar-refractivity contribution in [2.75, 3.05) is 0 Å². The molecule has 0 saturated heterocycles. The van der Waals surface area contributed by atoms with Crippen LogP contribution >= 0.6 is 11.6 Å². The van der Waals surface area contributed by atoms with E-state index in [4.69, 9.17) is 15.8 Å². The predicted molar refractivity (Wildman–Crippen MR) is 72.4 cm³/mol. The van der Waals surface area contributed by atoms with E-state index in [1.165, 1.54) is 24.5 Å². The molecule has 1 aromatic carbocycles. The van der Waals surface area contributed by atoms with Crippen molar-refractivity contribution >= 4 is 21.7 Å². The van der Waals surface area contributed by atoms with E-state index >= 15 is 0 Å². The molecule has 0 amide bonds. The summed E-state index contributed by atoms with van der Waals surface area (Å²) in [5.74, 6) is 0. The molecule has 2 rings (SSSR count). The average molecular weight is 298 g/mol. The molecule has 0 aliphatic carbocycles. The van der Waals surface area contributed by atoms with Crippen LogP contribution in [-0.4, -0.2) is 13.4 Å². The summed E-state index contributed by atoms with van der Waals surface area (Å²) in [5, 5.41) is 0.425. The van der Waals surface area contributed by atoms with Gasteiger partial charge in [-0.05, 0) is 25.1 Å². The molecule has 0 fully saturated rings. The van der Waals surface area contributed by atoms with Crippen LogP contribution in [0.2, 0.25) is 5.02 Å². The van der Waals surface area contributed by atoms with E-state index in [0.717, 1.165) is 5.56 Å². The highest BCUT2D eigenvalue weighted by atomic mass is 35.5. The second-order valence-electron chi connectivity index (χ2n) is 4.00. The van der Waals surface area contributed by atoms with Gasteiger partial charge in [-0.25, -0.2) is 0 Å². The summed E-state index contributed by atoms with van der Waals surface area (Å²) in [6.45, 7) is 1.75. The number of halogens is 1. The van der Waals surface area contributed by atoms with Gasteiger partial charge in [-0.15, -0.1) is 0 Å². The van der Waals surface area contributed by atoms with Crippen molar-refractivity contribution in [1.29, 1.82) is 0 Å². The molecule has 4 nitrogen and oxygen atoms in total. The molecule has 100 valence electrons. The lowest BCUT2D eigenvalue weighted by Gasteiger charge is -2.06. The van der Waals surface area contributed by atoms with Crippen LogP contribution in [0.25, 0.3) is 0 Å². The van der Waals surface area contributed by atoms with Crippen molar-refractivity contribution in [3.8, 4) is 0 Å². The fourth-order valence-corrected chi connectivity index (χ4v) is 2.48. The average Bonchev–Trinajstić information content (AvgIpc) is 2.38. The van der Waals surface area contributed by atoms with Gasteiger partial charge in [0.05, 0.1) is 11.5 Å². The van der Waals surface area contributed by atoms with Gasteiger partial charge in [0.15, 0.2) is 0 Å². The number of hydrogen-bond acceptors (Lipinski definition) is 4. The van der Waals surface area contributed by atoms with Gasteiger partial charge in [-0.3, -0.25) is 9.17 Å². The van der Waals surface area contributed by atoms with Gasteiger partial charge in [0.2, 0.25) is 0 Å². The van der Waals surface area contributed by atoms with Crippen LogP contribution in [0, 0.1) is 6.92 Å². The van der Waals surface area contributed by atoms with E-state index in [0.29, 0.717) is 10.6 Å². The lowest BCUT2D eigenvalue weighted by molar-refractivity contribution is 0.307. The van der Waals surface area contributed by atoms with E-state index in [1.54, 1.807) is 18.2 Å². The summed E-state index contributed by atoms with van der Waals surface area (Å²) >= 11 is 5.91.